The first-order chi connectivity index (χ1) is 13.5. The van der Waals surface area contributed by atoms with Gasteiger partial charge in [0.1, 0.15) is 16.7 Å². The Morgan fingerprint density at radius 3 is 2.39 bits per heavy atom. The topological polar surface area (TPSA) is 89.1 Å². The maximum absolute atomic E-state index is 12.6. The van der Waals surface area contributed by atoms with Crippen LogP contribution in [0.15, 0.2) is 55.6 Å². The third kappa shape index (κ3) is 4.04. The summed E-state index contributed by atoms with van der Waals surface area (Å²) in [6.07, 6.45) is 1.53. The summed E-state index contributed by atoms with van der Waals surface area (Å²) in [5, 5.41) is 20.4. The predicted octanol–water partition coefficient (Wildman–Crippen LogP) is 4.93. The van der Waals surface area contributed by atoms with Gasteiger partial charge in [0.15, 0.2) is 22.0 Å². The van der Waals surface area contributed by atoms with Crippen LogP contribution in [0.3, 0.4) is 0 Å². The summed E-state index contributed by atoms with van der Waals surface area (Å²) in [6, 6.07) is 9.45. The van der Waals surface area contributed by atoms with Crippen LogP contribution in [0.2, 0.25) is 0 Å². The average Bonchev–Trinajstić information content (AvgIpc) is 2.67. The molecule has 0 radical (unpaired) electrons. The van der Waals surface area contributed by atoms with Crippen LogP contribution in [0.1, 0.15) is 26.7 Å². The van der Waals surface area contributed by atoms with E-state index in [2.05, 4.69) is 0 Å². The Hall–Kier alpha value is -2.80. The van der Waals surface area contributed by atoms with E-state index in [0.29, 0.717) is 10.8 Å². The number of rotatable bonds is 7. The molecule has 2 N–H and O–H groups in total. The molecule has 3 rings (SSSR count). The zero-order valence-corrected chi connectivity index (χ0v) is 16.7. The van der Waals surface area contributed by atoms with Gasteiger partial charge in [-0.05, 0) is 37.1 Å². The van der Waals surface area contributed by atoms with Gasteiger partial charge in [-0.25, -0.2) is 0 Å². The molecular formula is C21H22O6S. The number of fused-ring (bicyclic) bond motifs is 1. The Balaban J connectivity index is 2.08. The van der Waals surface area contributed by atoms with E-state index in [4.69, 9.17) is 13.9 Å². The van der Waals surface area contributed by atoms with Crippen LogP contribution in [-0.4, -0.2) is 23.4 Å². The van der Waals surface area contributed by atoms with Crippen LogP contribution in [0, 0.1) is 0 Å². The lowest BCUT2D eigenvalue weighted by Crippen LogP contribution is -2.14. The van der Waals surface area contributed by atoms with Crippen LogP contribution in [-0.2, 0) is 0 Å². The van der Waals surface area contributed by atoms with E-state index >= 15 is 0 Å². The molecule has 0 saturated heterocycles. The molecule has 6 nitrogen and oxygen atoms in total. The Bertz CT molecular complexity index is 1020. The van der Waals surface area contributed by atoms with Gasteiger partial charge in [-0.1, -0.05) is 25.6 Å². The summed E-state index contributed by atoms with van der Waals surface area (Å²) < 4.78 is 17.1. The van der Waals surface area contributed by atoms with Crippen LogP contribution in [0.5, 0.6) is 23.0 Å². The molecule has 0 amide bonds. The highest BCUT2D eigenvalue weighted by atomic mass is 32.2. The van der Waals surface area contributed by atoms with Crippen LogP contribution in [0.25, 0.3) is 11.0 Å². The van der Waals surface area contributed by atoms with Gasteiger partial charge in [0.05, 0.1) is 13.2 Å². The molecule has 0 spiro atoms. The maximum Gasteiger partial charge on any atom is 0.204 e. The lowest BCUT2D eigenvalue weighted by Gasteiger charge is -2.19. The molecule has 148 valence electrons. The normalized spacial score (nSPS) is 11.1. The molecule has 0 atom stereocenters. The predicted molar refractivity (Wildman–Crippen MR) is 108 cm³/mol. The van der Waals surface area contributed by atoms with E-state index < -0.39 is 0 Å². The quantitative estimate of drug-likeness (QED) is 0.579. The molecule has 2 aromatic carbocycles. The van der Waals surface area contributed by atoms with E-state index in [1.54, 1.807) is 30.3 Å². The second kappa shape index (κ2) is 8.48. The highest BCUT2D eigenvalue weighted by Gasteiger charge is 2.21. The Morgan fingerprint density at radius 2 is 1.79 bits per heavy atom. The van der Waals surface area contributed by atoms with E-state index in [1.807, 2.05) is 13.8 Å². The van der Waals surface area contributed by atoms with Crippen molar-refractivity contribution < 1.29 is 24.1 Å². The number of hydrogen-bond donors (Lipinski definition) is 2. The smallest absolute Gasteiger partial charge is 0.204 e. The zero-order valence-electron chi connectivity index (χ0n) is 15.9. The summed E-state index contributed by atoms with van der Waals surface area (Å²) in [6.45, 7) is 4.02. The molecule has 0 saturated carbocycles. The van der Waals surface area contributed by atoms with Gasteiger partial charge in [0, 0.05) is 17.0 Å². The third-order valence-electron chi connectivity index (χ3n) is 4.35. The van der Waals surface area contributed by atoms with E-state index in [1.165, 1.54) is 24.9 Å². The van der Waals surface area contributed by atoms with Crippen molar-refractivity contribution in [2.75, 3.05) is 7.11 Å². The van der Waals surface area contributed by atoms with Gasteiger partial charge in [-0.3, -0.25) is 4.79 Å². The number of methoxy groups -OCH3 is 1. The van der Waals surface area contributed by atoms with Gasteiger partial charge in [0.2, 0.25) is 5.75 Å². The molecule has 0 unspecified atom stereocenters. The summed E-state index contributed by atoms with van der Waals surface area (Å²) >= 11 is 1.24. The van der Waals surface area contributed by atoms with Crippen molar-refractivity contribution in [3.8, 4) is 23.0 Å². The molecule has 7 heteroatoms. The summed E-state index contributed by atoms with van der Waals surface area (Å²) in [5.74, 6) is 0.308. The van der Waals surface area contributed by atoms with Gasteiger partial charge in [-0.2, -0.15) is 0 Å². The van der Waals surface area contributed by atoms with E-state index in [-0.39, 0.29) is 39.8 Å². The first-order valence-electron chi connectivity index (χ1n) is 8.98. The van der Waals surface area contributed by atoms with Crippen LogP contribution >= 0.6 is 11.8 Å². The SMILES string of the molecule is CCC(CC)Oc1cc2oc(Sc3ccc(O)cc3)cc(=O)c2c(O)c1OC. The molecule has 3 aromatic rings. The first-order valence-corrected chi connectivity index (χ1v) is 9.79. The first kappa shape index (κ1) is 19.9. The van der Waals surface area contributed by atoms with Crippen LogP contribution < -0.4 is 14.9 Å². The number of benzene rings is 2. The van der Waals surface area contributed by atoms with E-state index in [9.17, 15) is 15.0 Å². The molecule has 0 aliphatic heterocycles. The Labute approximate surface area is 166 Å². The van der Waals surface area contributed by atoms with Crippen molar-refractivity contribution in [1.82, 2.24) is 0 Å². The fourth-order valence-electron chi connectivity index (χ4n) is 2.84. The summed E-state index contributed by atoms with van der Waals surface area (Å²) in [4.78, 5) is 13.4. The summed E-state index contributed by atoms with van der Waals surface area (Å²) in [5.41, 5.74) is -0.166. The lowest BCUT2D eigenvalue weighted by atomic mass is 10.1. The third-order valence-corrected chi connectivity index (χ3v) is 5.26. The Kier molecular flexibility index (Phi) is 6.04. The number of phenolic OH excluding ortho intramolecular Hbond substituents is 2. The minimum absolute atomic E-state index is 0.0452. The molecule has 1 aromatic heterocycles. The molecule has 1 heterocycles. The van der Waals surface area contributed by atoms with Crippen LogP contribution in [0.4, 0.5) is 0 Å². The van der Waals surface area contributed by atoms with Crippen molar-refractivity contribution in [3.05, 3.63) is 46.6 Å². The number of phenols is 2. The monoisotopic (exact) mass is 402 g/mol. The summed E-state index contributed by atoms with van der Waals surface area (Å²) in [7, 11) is 1.41. The van der Waals surface area contributed by atoms with E-state index in [0.717, 1.165) is 17.7 Å². The number of aromatic hydroxyl groups is 2. The fraction of sp³-hybridized carbons (Fsp3) is 0.286. The standard InChI is InChI=1S/C21H22O6S/c1-4-13(5-2)26-17-11-16-19(20(24)21(17)25-3)15(23)10-18(27-16)28-14-8-6-12(22)7-9-14/h6-11,13,22,24H,4-5H2,1-3H3. The molecule has 0 bridgehead atoms. The minimum Gasteiger partial charge on any atom is -0.508 e. The van der Waals surface area contributed by atoms with Gasteiger partial charge in [-0.15, -0.1) is 0 Å². The van der Waals surface area contributed by atoms with Crippen molar-refractivity contribution in [2.45, 2.75) is 42.8 Å². The second-order valence-electron chi connectivity index (χ2n) is 6.21. The van der Waals surface area contributed by atoms with Gasteiger partial charge < -0.3 is 24.1 Å². The molecule has 28 heavy (non-hydrogen) atoms. The van der Waals surface area contributed by atoms with Crippen molar-refractivity contribution in [3.63, 3.8) is 0 Å². The van der Waals surface area contributed by atoms with Crippen molar-refractivity contribution in [2.24, 2.45) is 0 Å². The number of ether oxygens (including phenoxy) is 2. The molecule has 0 aliphatic carbocycles. The van der Waals surface area contributed by atoms with Crippen molar-refractivity contribution >= 4 is 22.7 Å². The fourth-order valence-corrected chi connectivity index (χ4v) is 3.64. The van der Waals surface area contributed by atoms with Gasteiger partial charge in [0.25, 0.3) is 0 Å². The second-order valence-corrected chi connectivity index (χ2v) is 7.29. The lowest BCUT2D eigenvalue weighted by molar-refractivity contribution is 0.183. The minimum atomic E-state index is -0.382. The molecule has 0 fully saturated rings. The molecule has 0 aliphatic rings. The zero-order chi connectivity index (χ0) is 20.3. The Morgan fingerprint density at radius 1 is 1.11 bits per heavy atom. The molecular weight excluding hydrogens is 380 g/mol. The highest BCUT2D eigenvalue weighted by molar-refractivity contribution is 7.99. The van der Waals surface area contributed by atoms with Crippen molar-refractivity contribution in [1.29, 1.82) is 0 Å². The van der Waals surface area contributed by atoms with Gasteiger partial charge >= 0.3 is 0 Å². The maximum atomic E-state index is 12.6. The average molecular weight is 402 g/mol. The number of hydrogen-bond acceptors (Lipinski definition) is 7. The highest BCUT2D eigenvalue weighted by Crippen LogP contribution is 2.43. The largest absolute Gasteiger partial charge is 0.508 e.